The first kappa shape index (κ1) is 15.0. The summed E-state index contributed by atoms with van der Waals surface area (Å²) in [4.78, 5) is 2.46. The summed E-state index contributed by atoms with van der Waals surface area (Å²) in [7, 11) is 0. The molecule has 0 fully saturated rings. The van der Waals surface area contributed by atoms with Crippen LogP contribution in [0.3, 0.4) is 0 Å². The summed E-state index contributed by atoms with van der Waals surface area (Å²) in [5.74, 6) is 0. The van der Waals surface area contributed by atoms with Crippen LogP contribution in [-0.2, 0) is 0 Å². The monoisotopic (exact) mass is 248 g/mol. The van der Waals surface area contributed by atoms with Crippen LogP contribution >= 0.6 is 0 Å². The van der Waals surface area contributed by atoms with Crippen molar-refractivity contribution in [3.63, 3.8) is 0 Å². The number of nitrogens with one attached hydrogen (secondary N) is 1. The Hall–Kier alpha value is -1.02. The van der Waals surface area contributed by atoms with Crippen molar-refractivity contribution < 1.29 is 0 Å². The third kappa shape index (κ3) is 5.09. The second kappa shape index (κ2) is 8.15. The second-order valence-corrected chi connectivity index (χ2v) is 5.02. The molecule has 0 saturated carbocycles. The van der Waals surface area contributed by atoms with E-state index in [-0.39, 0.29) is 0 Å². The van der Waals surface area contributed by atoms with E-state index in [4.69, 9.17) is 0 Å². The lowest BCUT2D eigenvalue weighted by Crippen LogP contribution is -2.28. The quantitative estimate of drug-likeness (QED) is 0.756. The molecule has 0 saturated heterocycles. The van der Waals surface area contributed by atoms with Gasteiger partial charge in [0.25, 0.3) is 0 Å². The highest BCUT2D eigenvalue weighted by Gasteiger charge is 2.05. The van der Waals surface area contributed by atoms with Crippen molar-refractivity contribution in [2.45, 2.75) is 46.6 Å². The van der Waals surface area contributed by atoms with Crippen molar-refractivity contribution >= 4 is 5.69 Å². The molecule has 1 unspecified atom stereocenters. The molecule has 1 N–H and O–H groups in total. The number of hydrogen-bond acceptors (Lipinski definition) is 2. The molecular weight excluding hydrogens is 220 g/mol. The second-order valence-electron chi connectivity index (χ2n) is 5.02. The van der Waals surface area contributed by atoms with Gasteiger partial charge < -0.3 is 10.2 Å². The molecule has 2 nitrogen and oxygen atoms in total. The van der Waals surface area contributed by atoms with E-state index in [9.17, 15) is 0 Å². The highest BCUT2D eigenvalue weighted by molar-refractivity contribution is 5.47. The topological polar surface area (TPSA) is 15.3 Å². The van der Waals surface area contributed by atoms with Gasteiger partial charge in [-0.3, -0.25) is 0 Å². The minimum absolute atomic E-state index is 0.631. The predicted molar refractivity (Wildman–Crippen MR) is 81.4 cm³/mol. The average Bonchev–Trinajstić information content (AvgIpc) is 2.36. The molecule has 0 amide bonds. The van der Waals surface area contributed by atoms with Crippen LogP contribution in [0.15, 0.2) is 24.3 Å². The summed E-state index contributed by atoms with van der Waals surface area (Å²) in [6, 6.07) is 9.48. The summed E-state index contributed by atoms with van der Waals surface area (Å²) < 4.78 is 0. The number of rotatable bonds is 8. The van der Waals surface area contributed by atoms with Gasteiger partial charge in [-0.1, -0.05) is 24.6 Å². The third-order valence-electron chi connectivity index (χ3n) is 3.40. The Labute approximate surface area is 112 Å². The smallest absolute Gasteiger partial charge is 0.0366 e. The standard InChI is InChI=1S/C16H28N2/c1-5-17-15(4)8-7-13-18(6-2)16-11-9-14(3)10-12-16/h9-12,15,17H,5-8,13H2,1-4H3. The molecule has 1 atom stereocenters. The lowest BCUT2D eigenvalue weighted by Gasteiger charge is -2.24. The Morgan fingerprint density at radius 1 is 1.17 bits per heavy atom. The van der Waals surface area contributed by atoms with Gasteiger partial charge in [0, 0.05) is 24.8 Å². The SMILES string of the molecule is CCNC(C)CCCN(CC)c1ccc(C)cc1. The van der Waals surface area contributed by atoms with Crippen LogP contribution in [0.4, 0.5) is 5.69 Å². The van der Waals surface area contributed by atoms with Crippen molar-refractivity contribution in [1.82, 2.24) is 5.32 Å². The fourth-order valence-corrected chi connectivity index (χ4v) is 2.26. The van der Waals surface area contributed by atoms with Crippen molar-refractivity contribution in [3.05, 3.63) is 29.8 Å². The zero-order valence-electron chi connectivity index (χ0n) is 12.4. The van der Waals surface area contributed by atoms with E-state index in [0.717, 1.165) is 19.6 Å². The fraction of sp³-hybridized carbons (Fsp3) is 0.625. The number of aryl methyl sites for hydroxylation is 1. The minimum Gasteiger partial charge on any atom is -0.372 e. The fourth-order valence-electron chi connectivity index (χ4n) is 2.26. The van der Waals surface area contributed by atoms with Crippen LogP contribution < -0.4 is 10.2 Å². The van der Waals surface area contributed by atoms with Gasteiger partial charge in [0.2, 0.25) is 0 Å². The van der Waals surface area contributed by atoms with Crippen molar-refractivity contribution in [3.8, 4) is 0 Å². The molecule has 0 aromatic heterocycles. The molecule has 1 rings (SSSR count). The Kier molecular flexibility index (Phi) is 6.81. The van der Waals surface area contributed by atoms with Crippen LogP contribution in [0.5, 0.6) is 0 Å². The maximum Gasteiger partial charge on any atom is 0.0366 e. The average molecular weight is 248 g/mol. The largest absolute Gasteiger partial charge is 0.372 e. The van der Waals surface area contributed by atoms with E-state index in [1.54, 1.807) is 0 Å². The van der Waals surface area contributed by atoms with E-state index in [1.807, 2.05) is 0 Å². The summed E-state index contributed by atoms with van der Waals surface area (Å²) in [6.07, 6.45) is 2.49. The van der Waals surface area contributed by atoms with Crippen molar-refractivity contribution in [2.24, 2.45) is 0 Å². The zero-order chi connectivity index (χ0) is 13.4. The molecule has 0 spiro atoms. The molecule has 0 aliphatic carbocycles. The Balaban J connectivity index is 2.40. The predicted octanol–water partition coefficient (Wildman–Crippen LogP) is 3.60. The molecule has 0 radical (unpaired) electrons. The van der Waals surface area contributed by atoms with Crippen LogP contribution in [0.2, 0.25) is 0 Å². The molecule has 102 valence electrons. The number of hydrogen-bond donors (Lipinski definition) is 1. The molecule has 1 aromatic rings. The summed E-state index contributed by atoms with van der Waals surface area (Å²) >= 11 is 0. The molecule has 2 heteroatoms. The zero-order valence-corrected chi connectivity index (χ0v) is 12.4. The molecular formula is C16H28N2. The normalized spacial score (nSPS) is 12.4. The van der Waals surface area contributed by atoms with Crippen molar-refractivity contribution in [1.29, 1.82) is 0 Å². The molecule has 0 heterocycles. The first-order valence-corrected chi connectivity index (χ1v) is 7.22. The van der Waals surface area contributed by atoms with Crippen LogP contribution in [0.1, 0.15) is 39.2 Å². The summed E-state index contributed by atoms with van der Waals surface area (Å²) in [5, 5.41) is 3.47. The van der Waals surface area contributed by atoms with Crippen LogP contribution in [-0.4, -0.2) is 25.7 Å². The third-order valence-corrected chi connectivity index (χ3v) is 3.40. The van der Waals surface area contributed by atoms with Gasteiger partial charge in [-0.15, -0.1) is 0 Å². The van der Waals surface area contributed by atoms with Gasteiger partial charge in [-0.05, 0) is 52.3 Å². The molecule has 18 heavy (non-hydrogen) atoms. The molecule has 0 aliphatic rings. The van der Waals surface area contributed by atoms with E-state index < -0.39 is 0 Å². The summed E-state index contributed by atoms with van der Waals surface area (Å²) in [5.41, 5.74) is 2.68. The maximum absolute atomic E-state index is 3.47. The molecule has 0 aliphatic heterocycles. The van der Waals surface area contributed by atoms with Gasteiger partial charge in [0.1, 0.15) is 0 Å². The minimum atomic E-state index is 0.631. The van der Waals surface area contributed by atoms with Gasteiger partial charge in [-0.25, -0.2) is 0 Å². The number of benzene rings is 1. The first-order chi connectivity index (χ1) is 8.67. The van der Waals surface area contributed by atoms with Gasteiger partial charge in [0.15, 0.2) is 0 Å². The van der Waals surface area contributed by atoms with Crippen molar-refractivity contribution in [2.75, 3.05) is 24.5 Å². The van der Waals surface area contributed by atoms with Gasteiger partial charge in [0.05, 0.1) is 0 Å². The Bertz CT molecular complexity index is 318. The lowest BCUT2D eigenvalue weighted by molar-refractivity contribution is 0.511. The van der Waals surface area contributed by atoms with Crippen LogP contribution in [0.25, 0.3) is 0 Å². The van der Waals surface area contributed by atoms with Gasteiger partial charge in [-0.2, -0.15) is 0 Å². The molecule has 0 bridgehead atoms. The number of anilines is 1. The van der Waals surface area contributed by atoms with Crippen LogP contribution in [0, 0.1) is 6.92 Å². The van der Waals surface area contributed by atoms with E-state index in [0.29, 0.717) is 6.04 Å². The number of nitrogens with zero attached hydrogens (tertiary/aromatic N) is 1. The lowest BCUT2D eigenvalue weighted by atomic mass is 10.1. The molecule has 1 aromatic carbocycles. The summed E-state index contributed by atoms with van der Waals surface area (Å²) in [6.45, 7) is 12.1. The van der Waals surface area contributed by atoms with E-state index >= 15 is 0 Å². The van der Waals surface area contributed by atoms with E-state index in [1.165, 1.54) is 24.1 Å². The first-order valence-electron chi connectivity index (χ1n) is 7.22. The maximum atomic E-state index is 3.47. The highest BCUT2D eigenvalue weighted by Crippen LogP contribution is 2.15. The Morgan fingerprint density at radius 3 is 2.39 bits per heavy atom. The van der Waals surface area contributed by atoms with E-state index in [2.05, 4.69) is 62.2 Å². The van der Waals surface area contributed by atoms with Gasteiger partial charge >= 0.3 is 0 Å². The highest BCUT2D eigenvalue weighted by atomic mass is 15.1. The Morgan fingerprint density at radius 2 is 1.83 bits per heavy atom.